The molecule has 1 aromatic heterocycles. The monoisotopic (exact) mass is 196 g/mol. The zero-order valence-electron chi connectivity index (χ0n) is 9.11. The summed E-state index contributed by atoms with van der Waals surface area (Å²) in [7, 11) is 4.14. The number of aryl methyl sites for hydroxylation is 1. The Balaban J connectivity index is 2.35. The van der Waals surface area contributed by atoms with Crippen LogP contribution in [0.2, 0.25) is 0 Å². The fraction of sp³-hybridized carbons (Fsp3) is 0.700. The van der Waals surface area contributed by atoms with Gasteiger partial charge in [-0.3, -0.25) is 4.68 Å². The van der Waals surface area contributed by atoms with Crippen LogP contribution in [-0.2, 0) is 13.0 Å². The van der Waals surface area contributed by atoms with Gasteiger partial charge in [0.25, 0.3) is 0 Å². The van der Waals surface area contributed by atoms with E-state index >= 15 is 0 Å². The van der Waals surface area contributed by atoms with Crippen molar-refractivity contribution in [2.45, 2.75) is 19.4 Å². The average Bonchev–Trinajstić information content (AvgIpc) is 2.59. The molecule has 2 N–H and O–H groups in total. The lowest BCUT2D eigenvalue weighted by molar-refractivity contribution is 0.373. The van der Waals surface area contributed by atoms with E-state index < -0.39 is 0 Å². The van der Waals surface area contributed by atoms with Gasteiger partial charge in [-0.05, 0) is 39.0 Å². The van der Waals surface area contributed by atoms with E-state index in [1.54, 1.807) is 0 Å². The lowest BCUT2D eigenvalue weighted by Crippen LogP contribution is -2.18. The van der Waals surface area contributed by atoms with E-state index in [2.05, 4.69) is 30.3 Å². The summed E-state index contributed by atoms with van der Waals surface area (Å²) in [6.45, 7) is 2.73. The highest BCUT2D eigenvalue weighted by molar-refractivity contribution is 5.03. The molecule has 0 atom stereocenters. The lowest BCUT2D eigenvalue weighted by Gasteiger charge is -2.08. The van der Waals surface area contributed by atoms with Crippen LogP contribution in [-0.4, -0.2) is 41.9 Å². The molecule has 0 amide bonds. The second-order valence-electron chi connectivity index (χ2n) is 3.81. The predicted molar refractivity (Wildman–Crippen MR) is 58.2 cm³/mol. The van der Waals surface area contributed by atoms with Gasteiger partial charge in [-0.25, -0.2) is 0 Å². The molecule has 14 heavy (non-hydrogen) atoms. The van der Waals surface area contributed by atoms with Crippen LogP contribution in [0.1, 0.15) is 12.0 Å². The molecule has 0 saturated heterocycles. The molecule has 0 saturated carbocycles. The van der Waals surface area contributed by atoms with Crippen LogP contribution in [0.4, 0.5) is 0 Å². The highest BCUT2D eigenvalue weighted by atomic mass is 15.3. The number of aromatic nitrogens is 2. The summed E-state index contributed by atoms with van der Waals surface area (Å²) in [5.41, 5.74) is 6.73. The van der Waals surface area contributed by atoms with Crippen LogP contribution in [0, 0.1) is 0 Å². The minimum Gasteiger partial charge on any atom is -0.330 e. The number of nitrogens with zero attached hydrogens (tertiary/aromatic N) is 3. The first-order valence-corrected chi connectivity index (χ1v) is 5.08. The molecule has 0 aliphatic rings. The first kappa shape index (κ1) is 11.2. The Labute approximate surface area is 85.7 Å². The Kier molecular flexibility index (Phi) is 4.62. The fourth-order valence-electron chi connectivity index (χ4n) is 1.27. The molecule has 0 aromatic carbocycles. The van der Waals surface area contributed by atoms with Crippen molar-refractivity contribution in [3.8, 4) is 0 Å². The summed E-state index contributed by atoms with van der Waals surface area (Å²) < 4.78 is 1.99. The molecule has 4 heteroatoms. The largest absolute Gasteiger partial charge is 0.330 e. The Morgan fingerprint density at radius 2 is 2.29 bits per heavy atom. The van der Waals surface area contributed by atoms with E-state index in [1.165, 1.54) is 5.56 Å². The third-order valence-corrected chi connectivity index (χ3v) is 2.13. The van der Waals surface area contributed by atoms with E-state index in [4.69, 9.17) is 5.73 Å². The van der Waals surface area contributed by atoms with Gasteiger partial charge in [0.1, 0.15) is 0 Å². The van der Waals surface area contributed by atoms with Gasteiger partial charge in [0.2, 0.25) is 0 Å². The van der Waals surface area contributed by atoms with Gasteiger partial charge in [-0.2, -0.15) is 5.10 Å². The van der Waals surface area contributed by atoms with Crippen molar-refractivity contribution in [2.24, 2.45) is 5.73 Å². The van der Waals surface area contributed by atoms with Crippen molar-refractivity contribution >= 4 is 0 Å². The van der Waals surface area contributed by atoms with E-state index in [1.807, 2.05) is 10.9 Å². The number of hydrogen-bond donors (Lipinski definition) is 1. The van der Waals surface area contributed by atoms with Crippen LogP contribution >= 0.6 is 0 Å². The summed E-state index contributed by atoms with van der Waals surface area (Å²) in [5, 5.41) is 4.29. The maximum atomic E-state index is 5.45. The number of likely N-dealkylation sites (N-methyl/N-ethyl adjacent to an activating group) is 1. The third kappa shape index (κ3) is 3.89. The first-order chi connectivity index (χ1) is 6.72. The Morgan fingerprint density at radius 1 is 1.50 bits per heavy atom. The summed E-state index contributed by atoms with van der Waals surface area (Å²) in [6, 6.07) is 0. The molecule has 0 spiro atoms. The Bertz CT molecular complexity index is 254. The third-order valence-electron chi connectivity index (χ3n) is 2.13. The molecule has 0 bridgehead atoms. The van der Waals surface area contributed by atoms with Crippen LogP contribution < -0.4 is 5.73 Å². The summed E-state index contributed by atoms with van der Waals surface area (Å²) >= 11 is 0. The van der Waals surface area contributed by atoms with Gasteiger partial charge in [-0.15, -0.1) is 0 Å². The van der Waals surface area contributed by atoms with E-state index in [-0.39, 0.29) is 0 Å². The molecule has 0 aliphatic heterocycles. The van der Waals surface area contributed by atoms with Gasteiger partial charge < -0.3 is 10.6 Å². The molecule has 0 fully saturated rings. The molecule has 1 aromatic rings. The van der Waals surface area contributed by atoms with Crippen LogP contribution in [0.25, 0.3) is 0 Å². The van der Waals surface area contributed by atoms with Crippen molar-refractivity contribution in [3.63, 3.8) is 0 Å². The summed E-state index contributed by atoms with van der Waals surface area (Å²) in [6.07, 6.45) is 6.13. The SMILES string of the molecule is CN(C)CCn1cc(CCCN)cn1. The molecular weight excluding hydrogens is 176 g/mol. The number of nitrogens with two attached hydrogens (primary N) is 1. The van der Waals surface area contributed by atoms with Gasteiger partial charge in [0, 0.05) is 12.7 Å². The Morgan fingerprint density at radius 3 is 2.93 bits per heavy atom. The number of rotatable bonds is 6. The normalized spacial score (nSPS) is 11.1. The molecule has 1 rings (SSSR count). The van der Waals surface area contributed by atoms with E-state index in [9.17, 15) is 0 Å². The average molecular weight is 196 g/mol. The molecule has 0 unspecified atom stereocenters. The molecule has 80 valence electrons. The maximum Gasteiger partial charge on any atom is 0.0536 e. The maximum absolute atomic E-state index is 5.45. The van der Waals surface area contributed by atoms with Crippen molar-refractivity contribution in [3.05, 3.63) is 18.0 Å². The van der Waals surface area contributed by atoms with Gasteiger partial charge >= 0.3 is 0 Å². The van der Waals surface area contributed by atoms with Crippen molar-refractivity contribution in [2.75, 3.05) is 27.2 Å². The predicted octanol–water partition coefficient (Wildman–Crippen LogP) is 0.336. The summed E-state index contributed by atoms with van der Waals surface area (Å²) in [5.74, 6) is 0. The molecule has 4 nitrogen and oxygen atoms in total. The quantitative estimate of drug-likeness (QED) is 0.713. The molecule has 1 heterocycles. The smallest absolute Gasteiger partial charge is 0.0536 e. The van der Waals surface area contributed by atoms with Crippen molar-refractivity contribution in [1.29, 1.82) is 0 Å². The van der Waals surface area contributed by atoms with Crippen LogP contribution in [0.3, 0.4) is 0 Å². The van der Waals surface area contributed by atoms with Gasteiger partial charge in [0.05, 0.1) is 12.7 Å². The van der Waals surface area contributed by atoms with Crippen LogP contribution in [0.5, 0.6) is 0 Å². The molecule has 0 radical (unpaired) electrons. The highest BCUT2D eigenvalue weighted by Gasteiger charge is 1.98. The zero-order chi connectivity index (χ0) is 10.4. The second kappa shape index (κ2) is 5.78. The zero-order valence-corrected chi connectivity index (χ0v) is 9.11. The van der Waals surface area contributed by atoms with Crippen molar-refractivity contribution in [1.82, 2.24) is 14.7 Å². The van der Waals surface area contributed by atoms with Crippen LogP contribution in [0.15, 0.2) is 12.4 Å². The van der Waals surface area contributed by atoms with E-state index in [0.717, 1.165) is 32.5 Å². The van der Waals surface area contributed by atoms with E-state index in [0.29, 0.717) is 0 Å². The van der Waals surface area contributed by atoms with Gasteiger partial charge in [-0.1, -0.05) is 0 Å². The Hall–Kier alpha value is -0.870. The minimum absolute atomic E-state index is 0.753. The standard InChI is InChI=1S/C10H20N4/c1-13(2)6-7-14-9-10(8-12-14)4-3-5-11/h8-9H,3-7,11H2,1-2H3. The second-order valence-corrected chi connectivity index (χ2v) is 3.81. The fourth-order valence-corrected chi connectivity index (χ4v) is 1.27. The number of hydrogen-bond acceptors (Lipinski definition) is 3. The van der Waals surface area contributed by atoms with Crippen molar-refractivity contribution < 1.29 is 0 Å². The topological polar surface area (TPSA) is 47.1 Å². The molecular formula is C10H20N4. The summed E-state index contributed by atoms with van der Waals surface area (Å²) in [4.78, 5) is 2.15. The minimum atomic E-state index is 0.753. The highest BCUT2D eigenvalue weighted by Crippen LogP contribution is 2.00. The lowest BCUT2D eigenvalue weighted by atomic mass is 10.2. The first-order valence-electron chi connectivity index (χ1n) is 5.08. The molecule has 0 aliphatic carbocycles. The van der Waals surface area contributed by atoms with Gasteiger partial charge in [0.15, 0.2) is 0 Å².